The fraction of sp³-hybridized carbons (Fsp3) is 0.423. The molecule has 0 bridgehead atoms. The number of hydrogen-bond donors (Lipinski definition) is 2. The van der Waals surface area contributed by atoms with Crippen LogP contribution in [0.25, 0.3) is 11.1 Å². The second-order valence-electron chi connectivity index (χ2n) is 8.71. The number of likely N-dealkylation sites (N-methyl/N-ethyl adjacent to an activating group) is 1. The molecule has 0 aliphatic heterocycles. The number of hydrogen-bond acceptors (Lipinski definition) is 4. The van der Waals surface area contributed by atoms with Gasteiger partial charge in [0.15, 0.2) is 0 Å². The Balaban J connectivity index is 1.67. The van der Waals surface area contributed by atoms with E-state index >= 15 is 0 Å². The molecule has 0 heterocycles. The van der Waals surface area contributed by atoms with E-state index in [9.17, 15) is 14.4 Å². The van der Waals surface area contributed by atoms with E-state index in [1.54, 1.807) is 6.92 Å². The Morgan fingerprint density at radius 2 is 1.61 bits per heavy atom. The van der Waals surface area contributed by atoms with Crippen molar-refractivity contribution in [1.29, 1.82) is 0 Å². The number of ether oxygens (including phenoxy) is 1. The maximum atomic E-state index is 13.0. The molecule has 2 aromatic carbocycles. The van der Waals surface area contributed by atoms with Crippen LogP contribution in [0.4, 0.5) is 4.79 Å². The van der Waals surface area contributed by atoms with E-state index in [0.29, 0.717) is 13.0 Å². The van der Waals surface area contributed by atoms with Crippen LogP contribution < -0.4 is 5.32 Å². The topological polar surface area (TPSA) is 95.9 Å². The van der Waals surface area contributed by atoms with Crippen LogP contribution in [0.2, 0.25) is 0 Å². The molecular weight excluding hydrogens is 420 g/mol. The highest BCUT2D eigenvalue weighted by Gasteiger charge is 2.30. The van der Waals surface area contributed by atoms with Crippen molar-refractivity contribution in [3.8, 4) is 11.1 Å². The SMILES string of the molecule is CCN(CCC(=O)O)C(=O)[C@@H](CC(C)C)NC(=O)OCC1c2ccccc2-c2ccccc21. The Labute approximate surface area is 194 Å². The molecule has 2 amide bonds. The Hall–Kier alpha value is -3.35. The van der Waals surface area contributed by atoms with Crippen molar-refractivity contribution in [3.63, 3.8) is 0 Å². The zero-order valence-corrected chi connectivity index (χ0v) is 19.4. The van der Waals surface area contributed by atoms with Crippen LogP contribution in [0, 0.1) is 5.92 Å². The average molecular weight is 453 g/mol. The molecule has 0 fully saturated rings. The van der Waals surface area contributed by atoms with E-state index < -0.39 is 18.1 Å². The predicted molar refractivity (Wildman–Crippen MR) is 126 cm³/mol. The summed E-state index contributed by atoms with van der Waals surface area (Å²) in [5.74, 6) is -1.16. The Kier molecular flexibility index (Phi) is 8.09. The first kappa shape index (κ1) is 24.3. The number of carboxylic acid groups (broad SMARTS) is 1. The quantitative estimate of drug-likeness (QED) is 0.561. The van der Waals surface area contributed by atoms with Crippen LogP contribution >= 0.6 is 0 Å². The van der Waals surface area contributed by atoms with Crippen molar-refractivity contribution in [1.82, 2.24) is 10.2 Å². The van der Waals surface area contributed by atoms with Gasteiger partial charge >= 0.3 is 12.1 Å². The summed E-state index contributed by atoms with van der Waals surface area (Å²) in [5, 5.41) is 11.7. The molecule has 7 nitrogen and oxygen atoms in total. The lowest BCUT2D eigenvalue weighted by atomic mass is 9.98. The summed E-state index contributed by atoms with van der Waals surface area (Å²) in [7, 11) is 0. The van der Waals surface area contributed by atoms with E-state index in [-0.39, 0.29) is 37.3 Å². The Bertz CT molecular complexity index is 958. The standard InChI is InChI=1S/C26H32N2O5/c1-4-28(14-13-24(29)30)25(31)23(15-17(2)3)27-26(32)33-16-22-20-11-7-5-9-18(20)19-10-6-8-12-21(19)22/h5-12,17,22-23H,4,13-16H2,1-3H3,(H,27,32)(H,29,30)/t23-/m1/s1. The normalized spacial score (nSPS) is 13.2. The van der Waals surface area contributed by atoms with Crippen LogP contribution in [0.5, 0.6) is 0 Å². The number of carbonyl (C=O) groups excluding carboxylic acids is 2. The van der Waals surface area contributed by atoms with Gasteiger partial charge in [0.25, 0.3) is 0 Å². The number of amides is 2. The molecule has 3 rings (SSSR count). The lowest BCUT2D eigenvalue weighted by Gasteiger charge is -2.27. The smallest absolute Gasteiger partial charge is 0.407 e. The van der Waals surface area contributed by atoms with Crippen molar-refractivity contribution in [3.05, 3.63) is 59.7 Å². The maximum Gasteiger partial charge on any atom is 0.407 e. The van der Waals surface area contributed by atoms with Gasteiger partial charge in [-0.3, -0.25) is 9.59 Å². The lowest BCUT2D eigenvalue weighted by molar-refractivity contribution is -0.139. The lowest BCUT2D eigenvalue weighted by Crippen LogP contribution is -2.49. The fourth-order valence-corrected chi connectivity index (χ4v) is 4.35. The highest BCUT2D eigenvalue weighted by molar-refractivity contribution is 5.86. The third-order valence-corrected chi connectivity index (χ3v) is 5.93. The van der Waals surface area contributed by atoms with Gasteiger partial charge in [0.2, 0.25) is 5.91 Å². The molecular formula is C26H32N2O5. The highest BCUT2D eigenvalue weighted by Crippen LogP contribution is 2.44. The summed E-state index contributed by atoms with van der Waals surface area (Å²) in [5.41, 5.74) is 4.53. The fourth-order valence-electron chi connectivity index (χ4n) is 4.35. The van der Waals surface area contributed by atoms with Crippen molar-refractivity contribution in [2.75, 3.05) is 19.7 Å². The van der Waals surface area contributed by atoms with Gasteiger partial charge in [-0.25, -0.2) is 4.79 Å². The van der Waals surface area contributed by atoms with Gasteiger partial charge in [-0.15, -0.1) is 0 Å². The Morgan fingerprint density at radius 1 is 1.03 bits per heavy atom. The summed E-state index contributed by atoms with van der Waals surface area (Å²) >= 11 is 0. The summed E-state index contributed by atoms with van der Waals surface area (Å²) in [6, 6.07) is 15.4. The van der Waals surface area contributed by atoms with Gasteiger partial charge in [-0.05, 0) is 41.5 Å². The highest BCUT2D eigenvalue weighted by atomic mass is 16.5. The number of fused-ring (bicyclic) bond motifs is 3. The van der Waals surface area contributed by atoms with E-state index in [2.05, 4.69) is 17.4 Å². The zero-order chi connectivity index (χ0) is 24.0. The molecule has 1 atom stereocenters. The number of alkyl carbamates (subject to hydrolysis) is 1. The Morgan fingerprint density at radius 3 is 2.12 bits per heavy atom. The van der Waals surface area contributed by atoms with Gasteiger partial charge < -0.3 is 20.1 Å². The molecule has 176 valence electrons. The van der Waals surface area contributed by atoms with Gasteiger partial charge in [-0.1, -0.05) is 62.4 Å². The summed E-state index contributed by atoms with van der Waals surface area (Å²) < 4.78 is 5.60. The van der Waals surface area contributed by atoms with Crippen LogP contribution in [-0.2, 0) is 14.3 Å². The number of carboxylic acids is 1. The van der Waals surface area contributed by atoms with Crippen LogP contribution in [0.1, 0.15) is 50.7 Å². The first-order valence-corrected chi connectivity index (χ1v) is 11.4. The first-order valence-electron chi connectivity index (χ1n) is 11.4. The van der Waals surface area contributed by atoms with E-state index in [1.165, 1.54) is 4.90 Å². The van der Waals surface area contributed by atoms with Gasteiger partial charge in [0.1, 0.15) is 12.6 Å². The average Bonchev–Trinajstić information content (AvgIpc) is 3.11. The zero-order valence-electron chi connectivity index (χ0n) is 19.4. The molecule has 33 heavy (non-hydrogen) atoms. The van der Waals surface area contributed by atoms with E-state index in [0.717, 1.165) is 22.3 Å². The molecule has 2 aromatic rings. The monoisotopic (exact) mass is 452 g/mol. The number of nitrogens with one attached hydrogen (secondary N) is 1. The summed E-state index contributed by atoms with van der Waals surface area (Å²) in [4.78, 5) is 38.1. The molecule has 1 aliphatic carbocycles. The minimum Gasteiger partial charge on any atom is -0.481 e. The van der Waals surface area contributed by atoms with Crippen LogP contribution in [0.15, 0.2) is 48.5 Å². The van der Waals surface area contributed by atoms with Gasteiger partial charge in [-0.2, -0.15) is 0 Å². The molecule has 7 heteroatoms. The largest absolute Gasteiger partial charge is 0.481 e. The molecule has 0 radical (unpaired) electrons. The number of benzene rings is 2. The van der Waals surface area contributed by atoms with Gasteiger partial charge in [0, 0.05) is 19.0 Å². The minimum atomic E-state index is -0.967. The summed E-state index contributed by atoms with van der Waals surface area (Å²) in [6.45, 7) is 6.36. The molecule has 2 N–H and O–H groups in total. The van der Waals surface area contributed by atoms with Crippen LogP contribution in [-0.4, -0.2) is 53.7 Å². The first-order chi connectivity index (χ1) is 15.8. The molecule has 0 spiro atoms. The minimum absolute atomic E-state index is 0.0647. The second kappa shape index (κ2) is 11.0. The van der Waals surface area contributed by atoms with Crippen molar-refractivity contribution in [2.24, 2.45) is 5.92 Å². The predicted octanol–water partition coefficient (Wildman–Crippen LogP) is 4.26. The third-order valence-electron chi connectivity index (χ3n) is 5.93. The number of nitrogens with zero attached hydrogens (tertiary/aromatic N) is 1. The molecule has 0 saturated carbocycles. The number of carbonyl (C=O) groups is 3. The third kappa shape index (κ3) is 5.92. The second-order valence-corrected chi connectivity index (χ2v) is 8.71. The summed E-state index contributed by atoms with van der Waals surface area (Å²) in [6.07, 6.45) is -0.351. The van der Waals surface area contributed by atoms with E-state index in [4.69, 9.17) is 9.84 Å². The maximum absolute atomic E-state index is 13.0. The number of rotatable bonds is 10. The molecule has 0 saturated heterocycles. The van der Waals surface area contributed by atoms with Gasteiger partial charge in [0.05, 0.1) is 6.42 Å². The van der Waals surface area contributed by atoms with Crippen molar-refractivity contribution >= 4 is 18.0 Å². The molecule has 0 unspecified atom stereocenters. The van der Waals surface area contributed by atoms with Crippen LogP contribution in [0.3, 0.4) is 0 Å². The molecule has 1 aliphatic rings. The van der Waals surface area contributed by atoms with E-state index in [1.807, 2.05) is 50.2 Å². The van der Waals surface area contributed by atoms with Crippen molar-refractivity contribution in [2.45, 2.75) is 45.6 Å². The number of aliphatic carboxylic acids is 1. The van der Waals surface area contributed by atoms with Crippen molar-refractivity contribution < 1.29 is 24.2 Å². The molecule has 0 aromatic heterocycles.